The molecule has 2 aromatic heterocycles. The molecule has 41 heavy (non-hydrogen) atoms. The Morgan fingerprint density at radius 3 is 1.98 bits per heavy atom. The van der Waals surface area contributed by atoms with E-state index >= 15 is 0 Å². The molecule has 0 spiro atoms. The molecule has 1 fully saturated rings. The summed E-state index contributed by atoms with van der Waals surface area (Å²) in [6, 6.07) is 19.2. The number of fused-ring (bicyclic) bond motifs is 1. The van der Waals surface area contributed by atoms with Gasteiger partial charge in [0.05, 0.1) is 12.4 Å². The molecule has 12 heteroatoms. The van der Waals surface area contributed by atoms with Gasteiger partial charge in [0.2, 0.25) is 0 Å². The highest BCUT2D eigenvalue weighted by atomic mass is 16.7. The molecule has 0 bridgehead atoms. The van der Waals surface area contributed by atoms with Crippen molar-refractivity contribution in [2.45, 2.75) is 51.4 Å². The van der Waals surface area contributed by atoms with Crippen LogP contribution in [-0.4, -0.2) is 61.9 Å². The third kappa shape index (κ3) is 5.73. The summed E-state index contributed by atoms with van der Waals surface area (Å²) in [4.78, 5) is 58.1. The molecule has 1 aliphatic rings. The van der Waals surface area contributed by atoms with Gasteiger partial charge in [0.1, 0.15) is 19.0 Å². The van der Waals surface area contributed by atoms with Crippen molar-refractivity contribution in [3.63, 3.8) is 0 Å². The van der Waals surface area contributed by atoms with Crippen molar-refractivity contribution in [2.75, 3.05) is 6.61 Å². The van der Waals surface area contributed by atoms with E-state index in [9.17, 15) is 19.2 Å². The van der Waals surface area contributed by atoms with E-state index in [0.29, 0.717) is 5.65 Å². The van der Waals surface area contributed by atoms with Crippen LogP contribution in [0.2, 0.25) is 0 Å². The second-order valence-corrected chi connectivity index (χ2v) is 9.52. The van der Waals surface area contributed by atoms with E-state index in [-0.39, 0.29) is 18.2 Å². The number of imidazole rings is 1. The van der Waals surface area contributed by atoms with Crippen molar-refractivity contribution in [3.05, 3.63) is 94.8 Å². The molecule has 0 saturated carbocycles. The summed E-state index contributed by atoms with van der Waals surface area (Å²) in [5.41, 5.74) is 1.76. The molecule has 3 heterocycles. The summed E-state index contributed by atoms with van der Waals surface area (Å²) in [6.45, 7) is 3.29. The van der Waals surface area contributed by atoms with Crippen molar-refractivity contribution in [1.82, 2.24) is 19.1 Å². The van der Waals surface area contributed by atoms with Crippen LogP contribution in [0, 0.1) is 0 Å². The lowest BCUT2D eigenvalue weighted by atomic mass is 9.98. The monoisotopic (exact) mass is 560 g/mol. The van der Waals surface area contributed by atoms with E-state index in [0.717, 1.165) is 15.7 Å². The van der Waals surface area contributed by atoms with Crippen molar-refractivity contribution >= 4 is 29.1 Å². The van der Waals surface area contributed by atoms with E-state index in [1.54, 1.807) is 6.33 Å². The topological polar surface area (TPSA) is 141 Å². The van der Waals surface area contributed by atoms with Crippen LogP contribution in [-0.2, 0) is 33.3 Å². The molecule has 0 unspecified atom stereocenters. The average Bonchev–Trinajstić information content (AvgIpc) is 3.51. The molecular formula is C29H28N4O8. The number of esters is 3. The molecule has 2 aromatic carbocycles. The van der Waals surface area contributed by atoms with Crippen LogP contribution in [0.15, 0.2) is 78.1 Å². The normalized spacial score (nSPS) is 20.2. The Bertz CT molecular complexity index is 1580. The van der Waals surface area contributed by atoms with Crippen LogP contribution in [0.4, 0.5) is 0 Å². The zero-order valence-corrected chi connectivity index (χ0v) is 22.6. The summed E-state index contributed by atoms with van der Waals surface area (Å²) in [6.07, 6.45) is -1.80. The number of nitrogens with zero attached hydrogens (tertiary/aromatic N) is 4. The molecule has 1 saturated heterocycles. The second kappa shape index (κ2) is 11.7. The fraction of sp³-hybridized carbons (Fsp3) is 0.310. The molecule has 12 nitrogen and oxygen atoms in total. The number of carbonyl (C=O) groups is 3. The van der Waals surface area contributed by atoms with Crippen LogP contribution in [0.5, 0.6) is 0 Å². The van der Waals surface area contributed by atoms with Gasteiger partial charge in [-0.1, -0.05) is 60.7 Å². The molecular weight excluding hydrogens is 532 g/mol. The number of carbonyl (C=O) groups excluding carboxylic acids is 3. The van der Waals surface area contributed by atoms with Crippen molar-refractivity contribution in [3.8, 4) is 0 Å². The van der Waals surface area contributed by atoms with Crippen LogP contribution in [0.3, 0.4) is 0 Å². The Kier molecular flexibility index (Phi) is 7.92. The smallest absolute Gasteiger partial charge is 0.303 e. The first-order valence-corrected chi connectivity index (χ1v) is 12.9. The number of hydrogen-bond donors (Lipinski definition) is 0. The van der Waals surface area contributed by atoms with Crippen molar-refractivity contribution < 1.29 is 33.3 Å². The Morgan fingerprint density at radius 1 is 0.829 bits per heavy atom. The molecule has 5 rings (SSSR count). The molecule has 212 valence electrons. The van der Waals surface area contributed by atoms with E-state index in [1.807, 2.05) is 65.2 Å². The predicted molar refractivity (Wildman–Crippen MR) is 144 cm³/mol. The van der Waals surface area contributed by atoms with E-state index in [2.05, 4.69) is 9.97 Å². The number of aromatic nitrogens is 4. The lowest BCUT2D eigenvalue weighted by Crippen LogP contribution is -2.41. The van der Waals surface area contributed by atoms with Gasteiger partial charge in [-0.2, -0.15) is 0 Å². The minimum Gasteiger partial charge on any atom is -0.463 e. The zero-order chi connectivity index (χ0) is 29.1. The van der Waals surface area contributed by atoms with E-state index in [1.165, 1.54) is 27.1 Å². The number of rotatable bonds is 8. The first-order chi connectivity index (χ1) is 19.7. The van der Waals surface area contributed by atoms with Gasteiger partial charge >= 0.3 is 17.9 Å². The fourth-order valence-electron chi connectivity index (χ4n) is 5.00. The van der Waals surface area contributed by atoms with Gasteiger partial charge in [-0.05, 0) is 11.1 Å². The average molecular weight is 561 g/mol. The Balaban J connectivity index is 1.58. The zero-order valence-electron chi connectivity index (χ0n) is 22.6. The third-order valence-corrected chi connectivity index (χ3v) is 6.63. The quantitative estimate of drug-likeness (QED) is 0.233. The number of benzene rings is 2. The molecule has 0 radical (unpaired) electrons. The second-order valence-electron chi connectivity index (χ2n) is 9.52. The van der Waals surface area contributed by atoms with Crippen LogP contribution in [0.25, 0.3) is 11.2 Å². The van der Waals surface area contributed by atoms with Gasteiger partial charge in [-0.15, -0.1) is 0 Å². The highest BCUT2D eigenvalue weighted by molar-refractivity contribution is 5.70. The summed E-state index contributed by atoms with van der Waals surface area (Å²) in [7, 11) is 0. The van der Waals surface area contributed by atoms with Crippen LogP contribution < -0.4 is 5.56 Å². The summed E-state index contributed by atoms with van der Waals surface area (Å²) >= 11 is 0. The first-order valence-electron chi connectivity index (χ1n) is 12.9. The SMILES string of the molecule is CC(=O)OC[C@H]1O[C@@H](n2cnc3c(ncn3C(c3ccccc3)c3ccccc3)c2=O)[C@H](OC(C)=O)[C@@H]1OC(C)=O. The molecule has 4 aromatic rings. The maximum Gasteiger partial charge on any atom is 0.303 e. The van der Waals surface area contributed by atoms with Crippen LogP contribution >= 0.6 is 0 Å². The maximum atomic E-state index is 13.8. The minimum absolute atomic E-state index is 0.0574. The number of hydrogen-bond acceptors (Lipinski definition) is 10. The van der Waals surface area contributed by atoms with Gasteiger partial charge in [0.25, 0.3) is 5.56 Å². The predicted octanol–water partition coefficient (Wildman–Crippen LogP) is 2.55. The standard InChI is InChI=1S/C29H28N4O8/c1-17(34)38-14-22-25(39-18(2)35)26(40-19(3)36)29(41-22)33-16-31-27-23(28(33)37)30-15-32(27)24(20-10-6-4-7-11-20)21-12-8-5-9-13-21/h4-13,15-16,22,24-26,29H,14H2,1-3H3/t22-,25-,26-,29-/m1/s1. The third-order valence-electron chi connectivity index (χ3n) is 6.63. The largest absolute Gasteiger partial charge is 0.463 e. The van der Waals surface area contributed by atoms with E-state index < -0.39 is 48.0 Å². The maximum absolute atomic E-state index is 13.8. The molecule has 0 aliphatic carbocycles. The fourth-order valence-corrected chi connectivity index (χ4v) is 5.00. The number of ether oxygens (including phenoxy) is 4. The Hall–Kier alpha value is -4.84. The lowest BCUT2D eigenvalue weighted by Gasteiger charge is -2.24. The lowest BCUT2D eigenvalue weighted by molar-refractivity contribution is -0.166. The van der Waals surface area contributed by atoms with Gasteiger partial charge in [0.15, 0.2) is 29.6 Å². The highest BCUT2D eigenvalue weighted by Crippen LogP contribution is 2.34. The highest BCUT2D eigenvalue weighted by Gasteiger charge is 2.51. The first kappa shape index (κ1) is 27.7. The van der Waals surface area contributed by atoms with Crippen LogP contribution in [0.1, 0.15) is 44.2 Å². The molecule has 1 aliphatic heterocycles. The van der Waals surface area contributed by atoms with Gasteiger partial charge in [-0.3, -0.25) is 23.7 Å². The minimum atomic E-state index is -1.24. The molecule has 4 atom stereocenters. The van der Waals surface area contributed by atoms with Gasteiger partial charge in [0, 0.05) is 20.8 Å². The summed E-state index contributed by atoms with van der Waals surface area (Å²) < 4.78 is 24.9. The van der Waals surface area contributed by atoms with Gasteiger partial charge in [-0.25, -0.2) is 9.97 Å². The summed E-state index contributed by atoms with van der Waals surface area (Å²) in [5.74, 6) is -1.94. The van der Waals surface area contributed by atoms with Crippen molar-refractivity contribution in [1.29, 1.82) is 0 Å². The van der Waals surface area contributed by atoms with Crippen molar-refractivity contribution in [2.24, 2.45) is 0 Å². The van der Waals surface area contributed by atoms with Gasteiger partial charge < -0.3 is 23.5 Å². The van der Waals surface area contributed by atoms with E-state index in [4.69, 9.17) is 18.9 Å². The molecule has 0 amide bonds. The summed E-state index contributed by atoms with van der Waals surface area (Å²) in [5, 5.41) is 0. The Morgan fingerprint density at radius 2 is 1.41 bits per heavy atom. The molecule has 0 N–H and O–H groups in total. The Labute approximate surface area is 234 Å².